The summed E-state index contributed by atoms with van der Waals surface area (Å²) >= 11 is 1.60. The van der Waals surface area contributed by atoms with Crippen molar-refractivity contribution in [2.45, 2.75) is 46.0 Å². The van der Waals surface area contributed by atoms with Gasteiger partial charge in [0, 0.05) is 6.42 Å². The maximum atomic E-state index is 12.6. The minimum Gasteiger partial charge on any atom is -0.484 e. The average Bonchev–Trinajstić information content (AvgIpc) is 3.03. The lowest BCUT2D eigenvalue weighted by molar-refractivity contribution is 0.185. The van der Waals surface area contributed by atoms with E-state index < -0.39 is 7.60 Å². The van der Waals surface area contributed by atoms with Crippen LogP contribution in [-0.4, -0.2) is 24.5 Å². The smallest absolute Gasteiger partial charge is 0.367 e. The molecule has 0 spiro atoms. The van der Waals surface area contributed by atoms with E-state index in [0.717, 1.165) is 28.5 Å². The second-order valence-electron chi connectivity index (χ2n) is 5.85. The molecule has 2 aliphatic carbocycles. The molecule has 1 saturated carbocycles. The SMILES string of the molecule is CCOP(=O)(COC1=c2scnc2=C2CCCCC2C1)OCC. The first-order chi connectivity index (χ1) is 11.2. The van der Waals surface area contributed by atoms with Crippen molar-refractivity contribution in [2.24, 2.45) is 5.92 Å². The van der Waals surface area contributed by atoms with Gasteiger partial charge >= 0.3 is 7.60 Å². The Morgan fingerprint density at radius 3 is 2.83 bits per heavy atom. The molecule has 128 valence electrons. The number of ether oxygens (including phenoxy) is 1. The Morgan fingerprint density at radius 2 is 2.09 bits per heavy atom. The first kappa shape index (κ1) is 17.2. The normalized spacial score (nSPS) is 21.0. The number of aromatic nitrogens is 1. The molecule has 1 aromatic heterocycles. The summed E-state index contributed by atoms with van der Waals surface area (Å²) in [5.41, 5.74) is 3.36. The van der Waals surface area contributed by atoms with Crippen LogP contribution in [0, 0.1) is 5.92 Å². The Morgan fingerprint density at radius 1 is 1.30 bits per heavy atom. The fourth-order valence-corrected chi connectivity index (χ4v) is 5.55. The van der Waals surface area contributed by atoms with Crippen LogP contribution in [-0.2, 0) is 18.3 Å². The topological polar surface area (TPSA) is 57.7 Å². The molecule has 1 fully saturated rings. The molecule has 1 unspecified atom stereocenters. The molecule has 0 N–H and O–H groups in total. The van der Waals surface area contributed by atoms with E-state index in [4.69, 9.17) is 13.8 Å². The van der Waals surface area contributed by atoms with Crippen LogP contribution in [0.3, 0.4) is 0 Å². The zero-order valence-electron chi connectivity index (χ0n) is 13.7. The molecule has 0 radical (unpaired) electrons. The molecule has 0 saturated heterocycles. The lowest BCUT2D eigenvalue weighted by Crippen LogP contribution is -2.35. The monoisotopic (exact) mass is 357 g/mol. The fourth-order valence-electron chi connectivity index (χ4n) is 3.40. The van der Waals surface area contributed by atoms with Gasteiger partial charge in [0.15, 0.2) is 6.35 Å². The third-order valence-electron chi connectivity index (χ3n) is 4.35. The van der Waals surface area contributed by atoms with Gasteiger partial charge in [-0.25, -0.2) is 4.98 Å². The molecular formula is C16H24NO4PS. The first-order valence-electron chi connectivity index (χ1n) is 8.33. The van der Waals surface area contributed by atoms with E-state index in [1.165, 1.54) is 24.8 Å². The van der Waals surface area contributed by atoms with Crippen molar-refractivity contribution in [1.29, 1.82) is 0 Å². The highest BCUT2D eigenvalue weighted by molar-refractivity contribution is 7.53. The Hall–Kier alpha value is -0.680. The zero-order chi connectivity index (χ0) is 16.3. The number of fused-ring (bicyclic) bond motifs is 2. The van der Waals surface area contributed by atoms with E-state index in [1.54, 1.807) is 11.3 Å². The van der Waals surface area contributed by atoms with Crippen LogP contribution in [0.25, 0.3) is 11.3 Å². The van der Waals surface area contributed by atoms with Gasteiger partial charge in [-0.2, -0.15) is 0 Å². The van der Waals surface area contributed by atoms with Crippen LogP contribution in [0.2, 0.25) is 0 Å². The van der Waals surface area contributed by atoms with Gasteiger partial charge in [0.05, 0.1) is 28.6 Å². The van der Waals surface area contributed by atoms with Crippen molar-refractivity contribution >= 4 is 30.3 Å². The van der Waals surface area contributed by atoms with Gasteiger partial charge < -0.3 is 13.8 Å². The number of rotatable bonds is 7. The molecule has 23 heavy (non-hydrogen) atoms. The predicted octanol–water partition coefficient (Wildman–Crippen LogP) is 3.24. The second kappa shape index (κ2) is 7.47. The van der Waals surface area contributed by atoms with Crippen LogP contribution in [0.4, 0.5) is 0 Å². The van der Waals surface area contributed by atoms with Gasteiger partial charge in [-0.15, -0.1) is 11.3 Å². The highest BCUT2D eigenvalue weighted by atomic mass is 32.1. The van der Waals surface area contributed by atoms with Crippen LogP contribution in [0.15, 0.2) is 5.51 Å². The minimum atomic E-state index is -3.18. The summed E-state index contributed by atoms with van der Waals surface area (Å²) in [5, 5.41) is 1.10. The van der Waals surface area contributed by atoms with Crippen molar-refractivity contribution in [3.05, 3.63) is 15.4 Å². The van der Waals surface area contributed by atoms with E-state index >= 15 is 0 Å². The van der Waals surface area contributed by atoms with Gasteiger partial charge in [0.2, 0.25) is 0 Å². The Labute approximate surface area is 140 Å². The Kier molecular flexibility index (Phi) is 5.57. The standard InChI is InChI=1S/C16H24NO4PS/c1-3-20-22(18,21-4-2)11-19-14-9-12-7-5-6-8-13(12)15-16(14)23-10-17-15/h10,12H,3-9,11H2,1-2H3. The van der Waals surface area contributed by atoms with Gasteiger partial charge in [-0.1, -0.05) is 6.42 Å². The van der Waals surface area contributed by atoms with Crippen molar-refractivity contribution in [3.63, 3.8) is 0 Å². The summed E-state index contributed by atoms with van der Waals surface area (Å²) in [5.74, 6) is 1.42. The van der Waals surface area contributed by atoms with E-state index in [0.29, 0.717) is 19.1 Å². The molecule has 0 aromatic carbocycles. The number of hydrogen-bond donors (Lipinski definition) is 0. The summed E-state index contributed by atoms with van der Waals surface area (Å²) in [7, 11) is -3.18. The largest absolute Gasteiger partial charge is 0.484 e. The summed E-state index contributed by atoms with van der Waals surface area (Å²) in [4.78, 5) is 4.56. The van der Waals surface area contributed by atoms with Crippen molar-refractivity contribution in [1.82, 2.24) is 4.98 Å². The van der Waals surface area contributed by atoms with Gasteiger partial charge in [-0.05, 0) is 44.6 Å². The molecule has 2 aliphatic rings. The average molecular weight is 357 g/mol. The Bertz CT molecular complexity index is 704. The maximum absolute atomic E-state index is 12.6. The quantitative estimate of drug-likeness (QED) is 0.701. The van der Waals surface area contributed by atoms with E-state index in [1.807, 2.05) is 19.4 Å². The Balaban J connectivity index is 1.86. The van der Waals surface area contributed by atoms with E-state index in [2.05, 4.69) is 4.98 Å². The highest BCUT2D eigenvalue weighted by Crippen LogP contribution is 2.49. The van der Waals surface area contributed by atoms with Crippen LogP contribution >= 0.6 is 18.9 Å². The summed E-state index contributed by atoms with van der Waals surface area (Å²) in [6.07, 6.45) is 5.70. The van der Waals surface area contributed by atoms with Crippen molar-refractivity contribution in [3.8, 4) is 0 Å². The van der Waals surface area contributed by atoms with Crippen LogP contribution < -0.4 is 9.88 Å². The number of thiazole rings is 1. The van der Waals surface area contributed by atoms with Crippen LogP contribution in [0.5, 0.6) is 0 Å². The first-order valence-corrected chi connectivity index (χ1v) is 10.9. The fraction of sp³-hybridized carbons (Fsp3) is 0.688. The highest BCUT2D eigenvalue weighted by Gasteiger charge is 2.30. The van der Waals surface area contributed by atoms with Gasteiger partial charge in [0.25, 0.3) is 0 Å². The number of nitrogens with zero attached hydrogens (tertiary/aromatic N) is 1. The summed E-state index contributed by atoms with van der Waals surface area (Å²) in [6, 6.07) is 0. The third-order valence-corrected chi connectivity index (χ3v) is 6.96. The molecule has 7 heteroatoms. The molecule has 1 heterocycles. The molecule has 3 rings (SSSR count). The maximum Gasteiger partial charge on any atom is 0.367 e. The number of hydrogen-bond acceptors (Lipinski definition) is 6. The molecule has 0 aliphatic heterocycles. The lowest BCUT2D eigenvalue weighted by atomic mass is 9.80. The van der Waals surface area contributed by atoms with Crippen molar-refractivity contribution in [2.75, 3.05) is 19.6 Å². The molecule has 0 amide bonds. The van der Waals surface area contributed by atoms with Crippen LogP contribution in [0.1, 0.15) is 46.0 Å². The molecular weight excluding hydrogens is 333 g/mol. The molecule has 1 aromatic rings. The minimum absolute atomic E-state index is 0.0244. The van der Waals surface area contributed by atoms with Crippen molar-refractivity contribution < 1.29 is 18.3 Å². The second-order valence-corrected chi connectivity index (χ2v) is 8.70. The summed E-state index contributed by atoms with van der Waals surface area (Å²) < 4.78 is 30.3. The van der Waals surface area contributed by atoms with E-state index in [-0.39, 0.29) is 6.35 Å². The van der Waals surface area contributed by atoms with Gasteiger partial charge in [0.1, 0.15) is 5.76 Å². The molecule has 0 bridgehead atoms. The zero-order valence-corrected chi connectivity index (χ0v) is 15.5. The molecule has 5 nitrogen and oxygen atoms in total. The molecule has 1 atom stereocenters. The van der Waals surface area contributed by atoms with Gasteiger partial charge in [-0.3, -0.25) is 4.57 Å². The van der Waals surface area contributed by atoms with E-state index in [9.17, 15) is 4.57 Å². The summed E-state index contributed by atoms with van der Waals surface area (Å²) in [6.45, 7) is 4.32. The third kappa shape index (κ3) is 3.71. The predicted molar refractivity (Wildman–Crippen MR) is 91.6 cm³/mol. The lowest BCUT2D eigenvalue weighted by Gasteiger charge is -2.28.